The fourth-order valence-corrected chi connectivity index (χ4v) is 3.97. The summed E-state index contributed by atoms with van der Waals surface area (Å²) in [5.74, 6) is 1.58. The first-order valence-electron chi connectivity index (χ1n) is 10.0. The summed E-state index contributed by atoms with van der Waals surface area (Å²) in [6.07, 6.45) is 4.75. The number of hydrogen-bond acceptors (Lipinski definition) is 3. The average Bonchev–Trinajstić information content (AvgIpc) is 2.72. The molecule has 3 nitrogen and oxygen atoms in total. The maximum absolute atomic E-state index is 6.05. The van der Waals surface area contributed by atoms with Crippen LogP contribution < -0.4 is 4.74 Å². The van der Waals surface area contributed by atoms with E-state index < -0.39 is 0 Å². The molecule has 0 N–H and O–H groups in total. The van der Waals surface area contributed by atoms with Crippen molar-refractivity contribution < 1.29 is 9.47 Å². The number of piperidine rings is 1. The summed E-state index contributed by atoms with van der Waals surface area (Å²) >= 11 is 12.0. The molecule has 0 radical (unpaired) electrons. The van der Waals surface area contributed by atoms with Crippen molar-refractivity contribution in [3.63, 3.8) is 0 Å². The molecule has 0 spiro atoms. The number of rotatable bonds is 9. The van der Waals surface area contributed by atoms with Crippen molar-refractivity contribution in [2.24, 2.45) is 5.92 Å². The highest BCUT2D eigenvalue weighted by molar-refractivity contribution is 6.42. The van der Waals surface area contributed by atoms with Crippen LogP contribution in [0, 0.1) is 5.92 Å². The first kappa shape index (κ1) is 21.4. The van der Waals surface area contributed by atoms with E-state index in [0.29, 0.717) is 22.6 Å². The molecule has 0 aromatic heterocycles. The molecular formula is C23H29Cl2NO2. The lowest BCUT2D eigenvalue weighted by Crippen LogP contribution is -2.35. The second-order valence-electron chi connectivity index (χ2n) is 7.50. The molecule has 0 amide bonds. The SMILES string of the molecule is COc1ccc(CCCN2CCC(COCc3ccc(Cl)c(Cl)c3)CC2)cc1. The van der Waals surface area contributed by atoms with Crippen LogP contribution in [-0.2, 0) is 17.8 Å². The van der Waals surface area contributed by atoms with Crippen LogP contribution in [0.2, 0.25) is 10.0 Å². The zero-order valence-corrected chi connectivity index (χ0v) is 18.0. The van der Waals surface area contributed by atoms with Gasteiger partial charge in [0, 0.05) is 6.61 Å². The number of methoxy groups -OCH3 is 1. The molecule has 1 fully saturated rings. The Hall–Kier alpha value is -1.26. The van der Waals surface area contributed by atoms with Gasteiger partial charge in [0.1, 0.15) is 5.75 Å². The average molecular weight is 422 g/mol. The summed E-state index contributed by atoms with van der Waals surface area (Å²) < 4.78 is 11.1. The van der Waals surface area contributed by atoms with Gasteiger partial charge < -0.3 is 14.4 Å². The van der Waals surface area contributed by atoms with Gasteiger partial charge in [-0.15, -0.1) is 0 Å². The Balaban J connectivity index is 1.29. The van der Waals surface area contributed by atoms with Gasteiger partial charge in [-0.3, -0.25) is 0 Å². The van der Waals surface area contributed by atoms with Crippen LogP contribution in [0.5, 0.6) is 5.75 Å². The normalized spacial score (nSPS) is 15.7. The third-order valence-corrected chi connectivity index (χ3v) is 6.15. The van der Waals surface area contributed by atoms with Crippen LogP contribution in [0.3, 0.4) is 0 Å². The number of benzene rings is 2. The monoisotopic (exact) mass is 421 g/mol. The van der Waals surface area contributed by atoms with Gasteiger partial charge in [0.2, 0.25) is 0 Å². The molecule has 1 saturated heterocycles. The summed E-state index contributed by atoms with van der Waals surface area (Å²) in [6, 6.07) is 14.1. The van der Waals surface area contributed by atoms with Crippen molar-refractivity contribution in [3.05, 3.63) is 63.6 Å². The lowest BCUT2D eigenvalue weighted by molar-refractivity contribution is 0.0575. The zero-order valence-electron chi connectivity index (χ0n) is 16.5. The van der Waals surface area contributed by atoms with Crippen LogP contribution >= 0.6 is 23.2 Å². The highest BCUT2D eigenvalue weighted by Gasteiger charge is 2.19. The van der Waals surface area contributed by atoms with Gasteiger partial charge in [0.15, 0.2) is 0 Å². The van der Waals surface area contributed by atoms with Gasteiger partial charge in [0.05, 0.1) is 23.8 Å². The minimum atomic E-state index is 0.588. The minimum absolute atomic E-state index is 0.588. The van der Waals surface area contributed by atoms with E-state index in [1.807, 2.05) is 30.3 Å². The first-order chi connectivity index (χ1) is 13.6. The topological polar surface area (TPSA) is 21.7 Å². The molecule has 0 bridgehead atoms. The Bertz CT molecular complexity index is 728. The number of likely N-dealkylation sites (tertiary alicyclic amines) is 1. The van der Waals surface area contributed by atoms with Crippen molar-refractivity contribution in [2.45, 2.75) is 32.3 Å². The Kier molecular flexibility index (Phi) is 8.47. The molecule has 1 aliphatic rings. The molecular weight excluding hydrogens is 393 g/mol. The summed E-state index contributed by atoms with van der Waals surface area (Å²) in [5, 5.41) is 1.18. The molecule has 152 valence electrons. The number of halogens is 2. The third-order valence-electron chi connectivity index (χ3n) is 5.41. The van der Waals surface area contributed by atoms with Gasteiger partial charge in [-0.25, -0.2) is 0 Å². The molecule has 0 aliphatic carbocycles. The standard InChI is InChI=1S/C23H29Cl2NO2/c1-27-21-7-4-18(5-8-21)3-2-12-26-13-10-19(11-14-26)16-28-17-20-6-9-22(24)23(25)15-20/h4-9,15,19H,2-3,10-14,16-17H2,1H3. The van der Waals surface area contributed by atoms with Crippen molar-refractivity contribution in [2.75, 3.05) is 33.4 Å². The van der Waals surface area contributed by atoms with Gasteiger partial charge in [-0.2, -0.15) is 0 Å². The van der Waals surface area contributed by atoms with Crippen molar-refractivity contribution in [1.29, 1.82) is 0 Å². The Morgan fingerprint density at radius 1 is 0.964 bits per heavy atom. The molecule has 0 unspecified atom stereocenters. The lowest BCUT2D eigenvalue weighted by atomic mass is 9.97. The number of aryl methyl sites for hydroxylation is 1. The molecule has 5 heteroatoms. The van der Waals surface area contributed by atoms with E-state index in [1.54, 1.807) is 7.11 Å². The molecule has 0 saturated carbocycles. The van der Waals surface area contributed by atoms with Crippen LogP contribution in [-0.4, -0.2) is 38.3 Å². The molecule has 3 rings (SSSR count). The molecule has 0 atom stereocenters. The van der Waals surface area contributed by atoms with Crippen molar-refractivity contribution >= 4 is 23.2 Å². The lowest BCUT2D eigenvalue weighted by Gasteiger charge is -2.31. The quantitative estimate of drug-likeness (QED) is 0.505. The van der Waals surface area contributed by atoms with Gasteiger partial charge in [-0.05, 0) is 86.6 Å². The van der Waals surface area contributed by atoms with E-state index in [9.17, 15) is 0 Å². The molecule has 1 heterocycles. The van der Waals surface area contributed by atoms with E-state index in [0.717, 1.165) is 24.3 Å². The first-order valence-corrected chi connectivity index (χ1v) is 10.8. The molecule has 2 aromatic carbocycles. The van der Waals surface area contributed by atoms with Crippen LogP contribution in [0.1, 0.15) is 30.4 Å². The molecule has 28 heavy (non-hydrogen) atoms. The maximum atomic E-state index is 6.05. The van der Waals surface area contributed by atoms with Crippen molar-refractivity contribution in [1.82, 2.24) is 4.90 Å². The summed E-state index contributed by atoms with van der Waals surface area (Å²) in [5.41, 5.74) is 2.46. The second-order valence-corrected chi connectivity index (χ2v) is 8.31. The number of hydrogen-bond donors (Lipinski definition) is 0. The second kappa shape index (κ2) is 11.1. The summed E-state index contributed by atoms with van der Waals surface area (Å²) in [7, 11) is 1.71. The Morgan fingerprint density at radius 2 is 1.68 bits per heavy atom. The summed E-state index contributed by atoms with van der Waals surface area (Å²) in [6.45, 7) is 4.93. The Morgan fingerprint density at radius 3 is 2.36 bits per heavy atom. The number of nitrogens with zero attached hydrogens (tertiary/aromatic N) is 1. The fourth-order valence-electron chi connectivity index (χ4n) is 3.65. The van der Waals surface area contributed by atoms with Crippen molar-refractivity contribution in [3.8, 4) is 5.75 Å². The van der Waals surface area contributed by atoms with Gasteiger partial charge >= 0.3 is 0 Å². The third kappa shape index (κ3) is 6.66. The van der Waals surface area contributed by atoms with E-state index in [1.165, 1.54) is 44.5 Å². The van der Waals surface area contributed by atoms with E-state index in [2.05, 4.69) is 17.0 Å². The maximum Gasteiger partial charge on any atom is 0.118 e. The van der Waals surface area contributed by atoms with E-state index in [-0.39, 0.29) is 0 Å². The van der Waals surface area contributed by atoms with Crippen LogP contribution in [0.25, 0.3) is 0 Å². The Labute approximate surface area is 178 Å². The smallest absolute Gasteiger partial charge is 0.118 e. The molecule has 1 aliphatic heterocycles. The van der Waals surface area contributed by atoms with E-state index in [4.69, 9.17) is 32.7 Å². The van der Waals surface area contributed by atoms with Gasteiger partial charge in [0.25, 0.3) is 0 Å². The highest BCUT2D eigenvalue weighted by atomic mass is 35.5. The largest absolute Gasteiger partial charge is 0.497 e. The van der Waals surface area contributed by atoms with Crippen LogP contribution in [0.15, 0.2) is 42.5 Å². The molecule has 2 aromatic rings. The van der Waals surface area contributed by atoms with E-state index >= 15 is 0 Å². The summed E-state index contributed by atoms with van der Waals surface area (Å²) in [4.78, 5) is 2.58. The fraction of sp³-hybridized carbons (Fsp3) is 0.478. The zero-order chi connectivity index (χ0) is 19.8. The predicted molar refractivity (Wildman–Crippen MR) is 117 cm³/mol. The minimum Gasteiger partial charge on any atom is -0.497 e. The van der Waals surface area contributed by atoms with Gasteiger partial charge in [-0.1, -0.05) is 41.4 Å². The van der Waals surface area contributed by atoms with Crippen LogP contribution in [0.4, 0.5) is 0 Å². The highest BCUT2D eigenvalue weighted by Crippen LogP contribution is 2.24. The predicted octanol–water partition coefficient (Wildman–Crippen LogP) is 5.86. The number of ether oxygens (including phenoxy) is 2.